The van der Waals surface area contributed by atoms with Crippen LogP contribution in [-0.2, 0) is 0 Å². The van der Waals surface area contributed by atoms with Gasteiger partial charge in [0.25, 0.3) is 0 Å². The third-order valence-electron chi connectivity index (χ3n) is 2.26. The SMILES string of the molecule is CCC(COc1cccc(F)c1F)NC. The fourth-order valence-electron chi connectivity index (χ4n) is 1.19. The fourth-order valence-corrected chi connectivity index (χ4v) is 1.19. The number of nitrogens with one attached hydrogen (secondary N) is 1. The molecule has 1 unspecified atom stereocenters. The van der Waals surface area contributed by atoms with E-state index in [1.807, 2.05) is 6.92 Å². The van der Waals surface area contributed by atoms with Crippen molar-refractivity contribution in [3.63, 3.8) is 0 Å². The van der Waals surface area contributed by atoms with Gasteiger partial charge in [0.1, 0.15) is 6.61 Å². The minimum absolute atomic E-state index is 0.0382. The first-order valence-electron chi connectivity index (χ1n) is 4.93. The molecule has 4 heteroatoms. The van der Waals surface area contributed by atoms with Crippen LogP contribution in [0.2, 0.25) is 0 Å². The zero-order valence-corrected chi connectivity index (χ0v) is 8.89. The molecular weight excluding hydrogens is 200 g/mol. The first-order valence-corrected chi connectivity index (χ1v) is 4.93. The normalized spacial score (nSPS) is 12.5. The summed E-state index contributed by atoms with van der Waals surface area (Å²) in [4.78, 5) is 0. The summed E-state index contributed by atoms with van der Waals surface area (Å²) in [6, 6.07) is 4.06. The van der Waals surface area contributed by atoms with Crippen LogP contribution in [-0.4, -0.2) is 19.7 Å². The molecule has 0 aliphatic heterocycles. The van der Waals surface area contributed by atoms with E-state index in [1.54, 1.807) is 7.05 Å². The zero-order chi connectivity index (χ0) is 11.3. The maximum atomic E-state index is 13.1. The minimum Gasteiger partial charge on any atom is -0.489 e. The number of hydrogen-bond acceptors (Lipinski definition) is 2. The van der Waals surface area contributed by atoms with Gasteiger partial charge in [-0.15, -0.1) is 0 Å². The van der Waals surface area contributed by atoms with E-state index >= 15 is 0 Å². The summed E-state index contributed by atoms with van der Waals surface area (Å²) in [7, 11) is 1.81. The Bertz CT molecular complexity index is 313. The molecule has 84 valence electrons. The molecule has 1 atom stereocenters. The van der Waals surface area contributed by atoms with Crippen LogP contribution in [0.4, 0.5) is 8.78 Å². The van der Waals surface area contributed by atoms with Crippen LogP contribution in [0.25, 0.3) is 0 Å². The topological polar surface area (TPSA) is 21.3 Å². The van der Waals surface area contributed by atoms with Gasteiger partial charge in [-0.25, -0.2) is 4.39 Å². The number of benzene rings is 1. The van der Waals surface area contributed by atoms with Gasteiger partial charge in [-0.05, 0) is 25.6 Å². The van der Waals surface area contributed by atoms with Crippen molar-refractivity contribution in [1.29, 1.82) is 0 Å². The molecule has 0 aromatic heterocycles. The molecule has 1 N–H and O–H groups in total. The van der Waals surface area contributed by atoms with Gasteiger partial charge in [0.15, 0.2) is 11.6 Å². The maximum Gasteiger partial charge on any atom is 0.200 e. The van der Waals surface area contributed by atoms with E-state index in [1.165, 1.54) is 12.1 Å². The van der Waals surface area contributed by atoms with E-state index in [4.69, 9.17) is 4.74 Å². The molecule has 0 aliphatic rings. The Balaban J connectivity index is 2.61. The van der Waals surface area contributed by atoms with Gasteiger partial charge < -0.3 is 10.1 Å². The molecule has 1 aromatic carbocycles. The molecule has 0 spiro atoms. The number of rotatable bonds is 5. The average molecular weight is 215 g/mol. The Hall–Kier alpha value is -1.16. The summed E-state index contributed by atoms with van der Waals surface area (Å²) in [5.74, 6) is -1.85. The number of ether oxygens (including phenoxy) is 1. The molecule has 2 nitrogen and oxygen atoms in total. The maximum absolute atomic E-state index is 13.1. The summed E-state index contributed by atoms with van der Waals surface area (Å²) >= 11 is 0. The van der Waals surface area contributed by atoms with Crippen LogP contribution in [0.3, 0.4) is 0 Å². The number of halogens is 2. The van der Waals surface area contributed by atoms with Gasteiger partial charge in [0, 0.05) is 6.04 Å². The molecule has 0 saturated heterocycles. The molecular formula is C11H15F2NO. The predicted molar refractivity (Wildman–Crippen MR) is 55.0 cm³/mol. The molecule has 0 fully saturated rings. The molecule has 1 rings (SSSR count). The Morgan fingerprint density at radius 3 is 2.73 bits per heavy atom. The summed E-state index contributed by atoms with van der Waals surface area (Å²) < 4.78 is 31.1. The number of likely N-dealkylation sites (N-methyl/N-ethyl adjacent to an activating group) is 1. The Morgan fingerprint density at radius 2 is 2.13 bits per heavy atom. The Morgan fingerprint density at radius 1 is 1.40 bits per heavy atom. The summed E-state index contributed by atoms with van der Waals surface area (Å²) in [6.07, 6.45) is 0.868. The van der Waals surface area contributed by atoms with Crippen LogP contribution < -0.4 is 10.1 Å². The van der Waals surface area contributed by atoms with Gasteiger partial charge in [0.05, 0.1) is 0 Å². The second kappa shape index (κ2) is 5.66. The van der Waals surface area contributed by atoms with Gasteiger partial charge in [-0.3, -0.25) is 0 Å². The van der Waals surface area contributed by atoms with Crippen molar-refractivity contribution in [2.45, 2.75) is 19.4 Å². The van der Waals surface area contributed by atoms with Gasteiger partial charge in [0.2, 0.25) is 5.82 Å². The first kappa shape index (κ1) is 11.9. The molecule has 0 bridgehead atoms. The highest BCUT2D eigenvalue weighted by Crippen LogP contribution is 2.19. The van der Waals surface area contributed by atoms with E-state index in [2.05, 4.69) is 5.32 Å². The highest BCUT2D eigenvalue weighted by atomic mass is 19.2. The van der Waals surface area contributed by atoms with Crippen LogP contribution in [0, 0.1) is 11.6 Å². The third kappa shape index (κ3) is 3.16. The van der Waals surface area contributed by atoms with Crippen LogP contribution in [0.15, 0.2) is 18.2 Å². The lowest BCUT2D eigenvalue weighted by molar-refractivity contribution is 0.253. The van der Waals surface area contributed by atoms with Gasteiger partial charge >= 0.3 is 0 Å². The molecule has 1 aromatic rings. The number of hydrogen-bond donors (Lipinski definition) is 1. The van der Waals surface area contributed by atoms with Crippen molar-refractivity contribution in [3.05, 3.63) is 29.8 Å². The molecule has 0 aliphatic carbocycles. The van der Waals surface area contributed by atoms with Crippen molar-refractivity contribution in [2.75, 3.05) is 13.7 Å². The standard InChI is InChI=1S/C11H15F2NO/c1-3-8(14-2)7-15-10-6-4-5-9(12)11(10)13/h4-6,8,14H,3,7H2,1-2H3. The first-order chi connectivity index (χ1) is 7.19. The average Bonchev–Trinajstić information content (AvgIpc) is 2.25. The zero-order valence-electron chi connectivity index (χ0n) is 8.89. The highest BCUT2D eigenvalue weighted by Gasteiger charge is 2.10. The van der Waals surface area contributed by atoms with E-state index in [0.29, 0.717) is 6.61 Å². The highest BCUT2D eigenvalue weighted by molar-refractivity contribution is 5.25. The van der Waals surface area contributed by atoms with Gasteiger partial charge in [-0.2, -0.15) is 4.39 Å². The third-order valence-corrected chi connectivity index (χ3v) is 2.26. The Labute approximate surface area is 88.3 Å². The molecule has 0 heterocycles. The van der Waals surface area contributed by atoms with Crippen LogP contribution in [0.1, 0.15) is 13.3 Å². The molecule has 15 heavy (non-hydrogen) atoms. The van der Waals surface area contributed by atoms with E-state index in [0.717, 1.165) is 12.5 Å². The Kier molecular flexibility index (Phi) is 4.49. The van der Waals surface area contributed by atoms with E-state index in [9.17, 15) is 8.78 Å². The largest absolute Gasteiger partial charge is 0.489 e. The fraction of sp³-hybridized carbons (Fsp3) is 0.455. The minimum atomic E-state index is -0.927. The van der Waals surface area contributed by atoms with Crippen molar-refractivity contribution >= 4 is 0 Å². The molecule has 0 amide bonds. The second-order valence-corrected chi connectivity index (χ2v) is 3.26. The predicted octanol–water partition coefficient (Wildman–Crippen LogP) is 2.34. The van der Waals surface area contributed by atoms with Crippen LogP contribution in [0.5, 0.6) is 5.75 Å². The van der Waals surface area contributed by atoms with Crippen molar-refractivity contribution in [1.82, 2.24) is 5.32 Å². The second-order valence-electron chi connectivity index (χ2n) is 3.26. The van der Waals surface area contributed by atoms with Crippen molar-refractivity contribution in [2.24, 2.45) is 0 Å². The monoisotopic (exact) mass is 215 g/mol. The molecule has 0 saturated carbocycles. The van der Waals surface area contributed by atoms with Crippen molar-refractivity contribution < 1.29 is 13.5 Å². The lowest BCUT2D eigenvalue weighted by Crippen LogP contribution is -2.30. The van der Waals surface area contributed by atoms with E-state index < -0.39 is 11.6 Å². The van der Waals surface area contributed by atoms with Gasteiger partial charge in [-0.1, -0.05) is 13.0 Å². The van der Waals surface area contributed by atoms with Crippen molar-refractivity contribution in [3.8, 4) is 5.75 Å². The summed E-state index contributed by atoms with van der Waals surface area (Å²) in [5, 5.41) is 3.01. The molecule has 0 radical (unpaired) electrons. The lowest BCUT2D eigenvalue weighted by Gasteiger charge is -2.15. The quantitative estimate of drug-likeness (QED) is 0.814. The lowest BCUT2D eigenvalue weighted by atomic mass is 10.2. The summed E-state index contributed by atoms with van der Waals surface area (Å²) in [6.45, 7) is 2.32. The summed E-state index contributed by atoms with van der Waals surface area (Å²) in [5.41, 5.74) is 0. The smallest absolute Gasteiger partial charge is 0.200 e. The van der Waals surface area contributed by atoms with Crippen LogP contribution >= 0.6 is 0 Å². The van der Waals surface area contributed by atoms with E-state index in [-0.39, 0.29) is 11.8 Å².